The summed E-state index contributed by atoms with van der Waals surface area (Å²) in [6.45, 7) is 7.15. The summed E-state index contributed by atoms with van der Waals surface area (Å²) in [5.74, 6) is 0. The molecule has 2 nitrogen and oxygen atoms in total. The molecule has 0 saturated heterocycles. The first-order valence-electron chi connectivity index (χ1n) is 4.43. The summed E-state index contributed by atoms with van der Waals surface area (Å²) in [7, 11) is 0.0354. The van der Waals surface area contributed by atoms with Crippen molar-refractivity contribution in [2.45, 2.75) is 39.3 Å². The van der Waals surface area contributed by atoms with E-state index < -0.39 is 8.56 Å². The van der Waals surface area contributed by atoms with Crippen LogP contribution in [0, 0.1) is 0 Å². The summed E-state index contributed by atoms with van der Waals surface area (Å²) in [6, 6.07) is 2.18. The van der Waals surface area contributed by atoms with Crippen LogP contribution in [-0.4, -0.2) is 22.3 Å². The summed E-state index contributed by atoms with van der Waals surface area (Å²) in [6.07, 6.45) is 1.16. The maximum Gasteiger partial charge on any atom is 0.337 e. The van der Waals surface area contributed by atoms with Gasteiger partial charge in [-0.2, -0.15) is 0 Å². The van der Waals surface area contributed by atoms with E-state index >= 15 is 0 Å². The van der Waals surface area contributed by atoms with E-state index in [0.29, 0.717) is 0 Å². The first kappa shape index (κ1) is 11.1. The van der Waals surface area contributed by atoms with Gasteiger partial charge in [0, 0.05) is 13.7 Å². The van der Waals surface area contributed by atoms with Crippen molar-refractivity contribution in [2.75, 3.05) is 13.7 Å². The van der Waals surface area contributed by atoms with Crippen LogP contribution in [0.3, 0.4) is 0 Å². The third kappa shape index (κ3) is 3.36. The molecule has 0 radical (unpaired) electrons. The highest BCUT2D eigenvalue weighted by molar-refractivity contribution is 6.67. The zero-order chi connectivity index (χ0) is 8.74. The van der Waals surface area contributed by atoms with Crippen LogP contribution >= 0.6 is 0 Å². The van der Waals surface area contributed by atoms with Gasteiger partial charge in [-0.05, 0) is 19.0 Å². The van der Waals surface area contributed by atoms with Crippen LogP contribution in [0.25, 0.3) is 0 Å². The van der Waals surface area contributed by atoms with E-state index in [-0.39, 0.29) is 0 Å². The van der Waals surface area contributed by atoms with Crippen molar-refractivity contribution in [3.63, 3.8) is 0 Å². The van der Waals surface area contributed by atoms with E-state index in [2.05, 4.69) is 13.8 Å². The fraction of sp³-hybridized carbons (Fsp3) is 1.00. The van der Waals surface area contributed by atoms with Crippen molar-refractivity contribution >= 4 is 8.56 Å². The fourth-order valence-electron chi connectivity index (χ4n) is 1.30. The quantitative estimate of drug-likeness (QED) is 0.579. The Kier molecular flexibility index (Phi) is 5.82. The Morgan fingerprint density at radius 1 is 1.18 bits per heavy atom. The molecule has 0 aliphatic heterocycles. The van der Waals surface area contributed by atoms with E-state index in [1.165, 1.54) is 0 Å². The van der Waals surface area contributed by atoms with Gasteiger partial charge in [-0.3, -0.25) is 0 Å². The van der Waals surface area contributed by atoms with Crippen molar-refractivity contribution in [2.24, 2.45) is 0 Å². The maximum atomic E-state index is 5.68. The molecule has 1 atom stereocenters. The molecule has 11 heavy (non-hydrogen) atoms. The second kappa shape index (κ2) is 5.74. The van der Waals surface area contributed by atoms with Gasteiger partial charge in [0.05, 0.1) is 0 Å². The molecule has 0 aromatic heterocycles. The molecule has 0 N–H and O–H groups in total. The molecule has 1 unspecified atom stereocenters. The Bertz CT molecular complexity index is 84.1. The molecule has 0 saturated carbocycles. The molecule has 68 valence electrons. The SMILES string of the molecule is CCC[Si](CC)(OC)OCC. The van der Waals surface area contributed by atoms with Crippen LogP contribution in [-0.2, 0) is 8.85 Å². The normalized spacial score (nSPS) is 16.4. The average Bonchev–Trinajstić information content (AvgIpc) is 2.04. The van der Waals surface area contributed by atoms with E-state index in [1.54, 1.807) is 7.11 Å². The third-order valence-electron chi connectivity index (χ3n) is 1.95. The van der Waals surface area contributed by atoms with Crippen LogP contribution in [0.5, 0.6) is 0 Å². The lowest BCUT2D eigenvalue weighted by atomic mass is 10.6. The van der Waals surface area contributed by atoms with Crippen molar-refractivity contribution in [3.8, 4) is 0 Å². The van der Waals surface area contributed by atoms with Gasteiger partial charge in [0.15, 0.2) is 0 Å². The number of hydrogen-bond acceptors (Lipinski definition) is 2. The van der Waals surface area contributed by atoms with E-state index in [0.717, 1.165) is 25.1 Å². The minimum atomic E-state index is -1.74. The fourth-order valence-corrected chi connectivity index (χ4v) is 3.90. The predicted octanol–water partition coefficient (Wildman–Crippen LogP) is 2.54. The zero-order valence-electron chi connectivity index (χ0n) is 8.14. The lowest BCUT2D eigenvalue weighted by molar-refractivity contribution is 0.209. The molecule has 0 aliphatic rings. The molecule has 0 fully saturated rings. The van der Waals surface area contributed by atoms with E-state index in [4.69, 9.17) is 8.85 Å². The number of hydrogen-bond donors (Lipinski definition) is 0. The van der Waals surface area contributed by atoms with Gasteiger partial charge < -0.3 is 8.85 Å². The second-order valence-corrected chi connectivity index (χ2v) is 6.38. The van der Waals surface area contributed by atoms with Crippen LogP contribution < -0.4 is 0 Å². The second-order valence-electron chi connectivity index (χ2n) is 2.65. The van der Waals surface area contributed by atoms with Gasteiger partial charge in [-0.25, -0.2) is 0 Å². The predicted molar refractivity (Wildman–Crippen MR) is 50.0 cm³/mol. The summed E-state index contributed by atoms with van der Waals surface area (Å²) in [5, 5.41) is 0. The molecule has 0 aromatic rings. The van der Waals surface area contributed by atoms with Crippen LogP contribution in [0.1, 0.15) is 27.2 Å². The van der Waals surface area contributed by atoms with Gasteiger partial charge >= 0.3 is 8.56 Å². The molecular weight excluding hydrogens is 156 g/mol. The molecule has 0 aliphatic carbocycles. The Labute approximate surface area is 71.1 Å². The number of rotatable bonds is 6. The molecule has 0 amide bonds. The molecule has 0 aromatic carbocycles. The molecule has 0 rings (SSSR count). The Hall–Kier alpha value is 0.137. The molecule has 0 bridgehead atoms. The van der Waals surface area contributed by atoms with Crippen molar-refractivity contribution in [1.29, 1.82) is 0 Å². The van der Waals surface area contributed by atoms with Gasteiger partial charge in [0.25, 0.3) is 0 Å². The topological polar surface area (TPSA) is 18.5 Å². The lowest BCUT2D eigenvalue weighted by Crippen LogP contribution is -2.40. The van der Waals surface area contributed by atoms with Gasteiger partial charge in [0.1, 0.15) is 0 Å². The monoisotopic (exact) mass is 176 g/mol. The Balaban J connectivity index is 3.96. The molecule has 0 spiro atoms. The van der Waals surface area contributed by atoms with Crippen molar-refractivity contribution in [1.82, 2.24) is 0 Å². The highest BCUT2D eigenvalue weighted by atomic mass is 28.4. The van der Waals surface area contributed by atoms with Crippen molar-refractivity contribution < 1.29 is 8.85 Å². The smallest absolute Gasteiger partial charge is 0.337 e. The summed E-state index contributed by atoms with van der Waals surface area (Å²) in [4.78, 5) is 0. The standard InChI is InChI=1S/C8H20O2Si/c1-5-8-11(7-3,9-4)10-6-2/h5-8H2,1-4H3. The van der Waals surface area contributed by atoms with Gasteiger partial charge in [0.2, 0.25) is 0 Å². The molecular formula is C8H20O2Si. The highest BCUT2D eigenvalue weighted by Gasteiger charge is 2.32. The van der Waals surface area contributed by atoms with Crippen LogP contribution in [0.15, 0.2) is 0 Å². The maximum absolute atomic E-state index is 5.68. The highest BCUT2D eigenvalue weighted by Crippen LogP contribution is 2.19. The van der Waals surface area contributed by atoms with E-state index in [1.807, 2.05) is 6.92 Å². The lowest BCUT2D eigenvalue weighted by Gasteiger charge is -2.26. The Morgan fingerprint density at radius 3 is 2.09 bits per heavy atom. The first-order chi connectivity index (χ1) is 5.24. The zero-order valence-corrected chi connectivity index (χ0v) is 9.14. The minimum Gasteiger partial charge on any atom is -0.398 e. The van der Waals surface area contributed by atoms with E-state index in [9.17, 15) is 0 Å². The first-order valence-corrected chi connectivity index (χ1v) is 6.66. The summed E-state index contributed by atoms with van der Waals surface area (Å²) >= 11 is 0. The van der Waals surface area contributed by atoms with Crippen LogP contribution in [0.2, 0.25) is 12.1 Å². The van der Waals surface area contributed by atoms with Gasteiger partial charge in [-0.1, -0.05) is 20.3 Å². The Morgan fingerprint density at radius 2 is 1.82 bits per heavy atom. The summed E-state index contributed by atoms with van der Waals surface area (Å²) in [5.41, 5.74) is 0. The average molecular weight is 176 g/mol. The third-order valence-corrected chi connectivity index (χ3v) is 5.85. The molecule has 0 heterocycles. The van der Waals surface area contributed by atoms with Crippen molar-refractivity contribution in [3.05, 3.63) is 0 Å². The molecule has 3 heteroatoms. The largest absolute Gasteiger partial charge is 0.398 e. The minimum absolute atomic E-state index is 0.786. The summed E-state index contributed by atoms with van der Waals surface area (Å²) < 4.78 is 11.2. The van der Waals surface area contributed by atoms with Crippen LogP contribution in [0.4, 0.5) is 0 Å². The van der Waals surface area contributed by atoms with Gasteiger partial charge in [-0.15, -0.1) is 0 Å².